The topological polar surface area (TPSA) is 61.4 Å². The largest absolute Gasteiger partial charge is 0.353 e. The minimum atomic E-state index is -0.209. The standard InChI is InChI=1S/C25H27Cl2N5O/c1-16-6-4-7-19(14-16)15-20-17(2)28-18(3)29-24(20)31-10-12-32(13-11-31)25(33)30-23-21(26)8-5-9-22(23)27/h4-9,14H,10-13,15H2,1-3H3,(H,30,33). The molecule has 3 aromatic rings. The summed E-state index contributed by atoms with van der Waals surface area (Å²) in [5.41, 5.74) is 5.04. The highest BCUT2D eigenvalue weighted by molar-refractivity contribution is 6.39. The molecule has 2 aromatic carbocycles. The first-order valence-corrected chi connectivity index (χ1v) is 11.7. The Hall–Kier alpha value is -2.83. The number of rotatable bonds is 4. The SMILES string of the molecule is Cc1cccc(Cc2c(C)nc(C)nc2N2CCN(C(=O)Nc3c(Cl)cccc3Cl)CC2)c1. The van der Waals surface area contributed by atoms with Gasteiger partial charge in [-0.05, 0) is 38.5 Å². The molecule has 0 aliphatic carbocycles. The second-order valence-electron chi connectivity index (χ2n) is 8.33. The van der Waals surface area contributed by atoms with E-state index in [9.17, 15) is 4.79 Å². The van der Waals surface area contributed by atoms with Gasteiger partial charge in [0.2, 0.25) is 0 Å². The van der Waals surface area contributed by atoms with Gasteiger partial charge in [-0.15, -0.1) is 0 Å². The van der Waals surface area contributed by atoms with Crippen molar-refractivity contribution in [2.45, 2.75) is 27.2 Å². The van der Waals surface area contributed by atoms with Crippen LogP contribution in [0.4, 0.5) is 16.3 Å². The van der Waals surface area contributed by atoms with E-state index in [2.05, 4.69) is 46.4 Å². The number of carbonyl (C=O) groups is 1. The fourth-order valence-corrected chi connectivity index (χ4v) is 4.63. The molecule has 1 fully saturated rings. The van der Waals surface area contributed by atoms with Gasteiger partial charge in [-0.25, -0.2) is 14.8 Å². The number of benzene rings is 2. The predicted octanol–water partition coefficient (Wildman–Crippen LogP) is 5.65. The van der Waals surface area contributed by atoms with Crippen LogP contribution >= 0.6 is 23.2 Å². The molecule has 33 heavy (non-hydrogen) atoms. The zero-order valence-electron chi connectivity index (χ0n) is 19.0. The van der Waals surface area contributed by atoms with Gasteiger partial charge in [0, 0.05) is 43.9 Å². The van der Waals surface area contributed by atoms with Crippen LogP contribution in [0.3, 0.4) is 0 Å². The number of anilines is 2. The average molecular weight is 484 g/mol. The molecule has 0 spiro atoms. The van der Waals surface area contributed by atoms with Crippen LogP contribution in [-0.2, 0) is 6.42 Å². The van der Waals surface area contributed by atoms with Crippen molar-refractivity contribution in [3.8, 4) is 0 Å². The minimum absolute atomic E-state index is 0.209. The third-order valence-corrected chi connectivity index (χ3v) is 6.46. The van der Waals surface area contributed by atoms with Gasteiger partial charge in [0.05, 0.1) is 15.7 Å². The summed E-state index contributed by atoms with van der Waals surface area (Å²) in [7, 11) is 0. The Balaban J connectivity index is 1.49. The normalized spacial score (nSPS) is 13.8. The van der Waals surface area contributed by atoms with Gasteiger partial charge in [0.15, 0.2) is 0 Å². The monoisotopic (exact) mass is 483 g/mol. The van der Waals surface area contributed by atoms with E-state index in [1.807, 2.05) is 13.8 Å². The van der Waals surface area contributed by atoms with Crippen molar-refractivity contribution < 1.29 is 4.79 Å². The molecule has 1 aliphatic rings. The van der Waals surface area contributed by atoms with E-state index in [1.54, 1.807) is 23.1 Å². The van der Waals surface area contributed by atoms with Gasteiger partial charge in [0.1, 0.15) is 11.6 Å². The Morgan fingerprint density at radius 2 is 1.64 bits per heavy atom. The summed E-state index contributed by atoms with van der Waals surface area (Å²) in [6.07, 6.45) is 0.773. The van der Waals surface area contributed by atoms with Crippen LogP contribution < -0.4 is 10.2 Å². The first-order valence-electron chi connectivity index (χ1n) is 11.0. The molecule has 4 rings (SSSR count). The van der Waals surface area contributed by atoms with Crippen LogP contribution in [0.2, 0.25) is 10.0 Å². The Morgan fingerprint density at radius 3 is 2.30 bits per heavy atom. The van der Waals surface area contributed by atoms with Crippen LogP contribution in [0, 0.1) is 20.8 Å². The Kier molecular flexibility index (Phi) is 7.05. The lowest BCUT2D eigenvalue weighted by Gasteiger charge is -2.36. The van der Waals surface area contributed by atoms with Crippen molar-refractivity contribution in [3.05, 3.63) is 80.7 Å². The second-order valence-corrected chi connectivity index (χ2v) is 9.14. The van der Waals surface area contributed by atoms with Crippen molar-refractivity contribution in [1.82, 2.24) is 14.9 Å². The zero-order chi connectivity index (χ0) is 23.5. The number of nitrogens with one attached hydrogen (secondary N) is 1. The Morgan fingerprint density at radius 1 is 0.970 bits per heavy atom. The maximum atomic E-state index is 12.8. The number of nitrogens with zero attached hydrogens (tertiary/aromatic N) is 4. The number of carbonyl (C=O) groups excluding carboxylic acids is 1. The molecule has 0 atom stereocenters. The molecular formula is C25H27Cl2N5O. The number of amides is 2. The summed E-state index contributed by atoms with van der Waals surface area (Å²) in [5.74, 6) is 1.71. The first kappa shape index (κ1) is 23.3. The van der Waals surface area contributed by atoms with Crippen molar-refractivity contribution >= 4 is 40.7 Å². The van der Waals surface area contributed by atoms with Gasteiger partial charge >= 0.3 is 6.03 Å². The van der Waals surface area contributed by atoms with E-state index in [0.717, 1.165) is 29.3 Å². The van der Waals surface area contributed by atoms with Crippen molar-refractivity contribution in [2.24, 2.45) is 0 Å². The predicted molar refractivity (Wildman–Crippen MR) is 135 cm³/mol. The van der Waals surface area contributed by atoms with Crippen LogP contribution in [0.25, 0.3) is 0 Å². The molecule has 2 heterocycles. The van der Waals surface area contributed by atoms with E-state index in [4.69, 9.17) is 28.2 Å². The van der Waals surface area contributed by atoms with E-state index >= 15 is 0 Å². The molecule has 0 saturated carbocycles. The Labute approximate surface area is 204 Å². The minimum Gasteiger partial charge on any atom is -0.353 e. The molecule has 0 radical (unpaired) electrons. The van der Waals surface area contributed by atoms with Gasteiger partial charge < -0.3 is 15.1 Å². The highest BCUT2D eigenvalue weighted by atomic mass is 35.5. The average Bonchev–Trinajstić information content (AvgIpc) is 2.78. The third kappa shape index (κ3) is 5.40. The van der Waals surface area contributed by atoms with Gasteiger partial charge in [-0.1, -0.05) is 59.1 Å². The first-order chi connectivity index (χ1) is 15.8. The molecule has 1 saturated heterocycles. The van der Waals surface area contributed by atoms with Crippen molar-refractivity contribution in [2.75, 3.05) is 36.4 Å². The molecule has 1 N–H and O–H groups in total. The summed E-state index contributed by atoms with van der Waals surface area (Å²) in [5, 5.41) is 3.69. The fraction of sp³-hybridized carbons (Fsp3) is 0.320. The molecule has 8 heteroatoms. The smallest absolute Gasteiger partial charge is 0.322 e. The number of hydrogen-bond donors (Lipinski definition) is 1. The lowest BCUT2D eigenvalue weighted by Crippen LogP contribution is -2.50. The number of hydrogen-bond acceptors (Lipinski definition) is 4. The molecule has 1 aromatic heterocycles. The molecular weight excluding hydrogens is 457 g/mol. The molecule has 0 bridgehead atoms. The summed E-state index contributed by atoms with van der Waals surface area (Å²) in [6, 6.07) is 13.5. The van der Waals surface area contributed by atoms with Gasteiger partial charge in [-0.3, -0.25) is 0 Å². The maximum absolute atomic E-state index is 12.8. The number of piperazine rings is 1. The summed E-state index contributed by atoms with van der Waals surface area (Å²) < 4.78 is 0. The highest BCUT2D eigenvalue weighted by Crippen LogP contribution is 2.30. The molecule has 2 amide bonds. The quantitative estimate of drug-likeness (QED) is 0.520. The number of urea groups is 1. The summed E-state index contributed by atoms with van der Waals surface area (Å²) >= 11 is 12.4. The van der Waals surface area contributed by atoms with Crippen LogP contribution in [0.1, 0.15) is 28.2 Å². The van der Waals surface area contributed by atoms with Crippen LogP contribution in [0.15, 0.2) is 42.5 Å². The number of aromatic nitrogens is 2. The number of para-hydroxylation sites is 1. The fourth-order valence-electron chi connectivity index (χ4n) is 4.14. The Bertz CT molecular complexity index is 1160. The van der Waals surface area contributed by atoms with E-state index in [0.29, 0.717) is 41.9 Å². The highest BCUT2D eigenvalue weighted by Gasteiger charge is 2.25. The molecule has 172 valence electrons. The van der Waals surface area contributed by atoms with Crippen molar-refractivity contribution in [3.63, 3.8) is 0 Å². The zero-order valence-corrected chi connectivity index (χ0v) is 20.5. The molecule has 6 nitrogen and oxygen atoms in total. The van der Waals surface area contributed by atoms with Crippen LogP contribution in [0.5, 0.6) is 0 Å². The lowest BCUT2D eigenvalue weighted by atomic mass is 10.0. The number of halogens is 2. The maximum Gasteiger partial charge on any atom is 0.322 e. The second kappa shape index (κ2) is 9.98. The lowest BCUT2D eigenvalue weighted by molar-refractivity contribution is 0.208. The van der Waals surface area contributed by atoms with Crippen molar-refractivity contribution in [1.29, 1.82) is 0 Å². The van der Waals surface area contributed by atoms with E-state index < -0.39 is 0 Å². The summed E-state index contributed by atoms with van der Waals surface area (Å²) in [6.45, 7) is 8.56. The number of aryl methyl sites for hydroxylation is 3. The van der Waals surface area contributed by atoms with E-state index in [1.165, 1.54) is 11.1 Å². The van der Waals surface area contributed by atoms with Gasteiger partial charge in [-0.2, -0.15) is 0 Å². The van der Waals surface area contributed by atoms with Crippen LogP contribution in [-0.4, -0.2) is 47.1 Å². The molecule has 0 unspecified atom stereocenters. The summed E-state index contributed by atoms with van der Waals surface area (Å²) in [4.78, 5) is 26.3. The van der Waals surface area contributed by atoms with E-state index in [-0.39, 0.29) is 6.03 Å². The third-order valence-electron chi connectivity index (χ3n) is 5.83. The van der Waals surface area contributed by atoms with Gasteiger partial charge in [0.25, 0.3) is 0 Å². The molecule has 1 aliphatic heterocycles.